The number of nitrogens with one attached hydrogen (secondary N) is 1. The number of likely N-dealkylation sites (N-methyl/N-ethyl adjacent to an activating group) is 2. The van der Waals surface area contributed by atoms with Crippen LogP contribution >= 0.6 is 0 Å². The molecule has 0 radical (unpaired) electrons. The molecule has 0 saturated carbocycles. The molecule has 0 aliphatic rings. The van der Waals surface area contributed by atoms with Gasteiger partial charge in [-0.15, -0.1) is 0 Å². The molecule has 0 rings (SSSR count). The lowest BCUT2D eigenvalue weighted by Crippen LogP contribution is -2.60. The van der Waals surface area contributed by atoms with E-state index in [1.54, 1.807) is 39.9 Å². The molecule has 0 aliphatic carbocycles. The summed E-state index contributed by atoms with van der Waals surface area (Å²) in [4.78, 5) is 39.5. The summed E-state index contributed by atoms with van der Waals surface area (Å²) in [6, 6.07) is -0.720. The Morgan fingerprint density at radius 3 is 1.79 bits per heavy atom. The molecule has 0 saturated heterocycles. The lowest BCUT2D eigenvalue weighted by Gasteiger charge is -2.37. The standard InChI is InChI=1S/C18H33N3O4.C3H8/c1-12(15(23)24)10-11-21(9)14(22)13(17(2,3)4)19-16(25)18(5,6)20(7)8;1-3-2/h10,13H,11H2,1-9H3,(H,19,25)(H,23,24);3H2,1-2H3/b12-10+;. The molecule has 2 amide bonds. The summed E-state index contributed by atoms with van der Waals surface area (Å²) >= 11 is 0. The number of hydrogen-bond acceptors (Lipinski definition) is 4. The highest BCUT2D eigenvalue weighted by Gasteiger charge is 2.39. The summed E-state index contributed by atoms with van der Waals surface area (Å²) in [5.74, 6) is -1.52. The number of nitrogens with zero attached hydrogens (tertiary/aromatic N) is 2. The average Bonchev–Trinajstić information content (AvgIpc) is 2.55. The van der Waals surface area contributed by atoms with Gasteiger partial charge in [-0.25, -0.2) is 4.79 Å². The van der Waals surface area contributed by atoms with Crippen molar-refractivity contribution >= 4 is 17.8 Å². The third kappa shape index (κ3) is 9.35. The molecule has 1 atom stereocenters. The van der Waals surface area contributed by atoms with E-state index in [1.807, 2.05) is 20.8 Å². The van der Waals surface area contributed by atoms with Gasteiger partial charge in [0, 0.05) is 19.2 Å². The Morgan fingerprint density at radius 1 is 1.04 bits per heavy atom. The van der Waals surface area contributed by atoms with Gasteiger partial charge in [-0.1, -0.05) is 47.1 Å². The number of carboxylic acid groups (broad SMARTS) is 1. The topological polar surface area (TPSA) is 90.0 Å². The van der Waals surface area contributed by atoms with Crippen molar-refractivity contribution in [3.8, 4) is 0 Å². The fourth-order valence-electron chi connectivity index (χ4n) is 1.83. The molecule has 0 aromatic carbocycles. The van der Waals surface area contributed by atoms with Crippen molar-refractivity contribution in [3.05, 3.63) is 11.6 Å². The highest BCUT2D eigenvalue weighted by molar-refractivity contribution is 5.92. The predicted octanol–water partition coefficient (Wildman–Crippen LogP) is 2.76. The van der Waals surface area contributed by atoms with Crippen LogP contribution in [0.3, 0.4) is 0 Å². The first-order valence-corrected chi connectivity index (χ1v) is 9.67. The second kappa shape index (κ2) is 11.8. The van der Waals surface area contributed by atoms with E-state index in [9.17, 15) is 14.4 Å². The van der Waals surface area contributed by atoms with Crippen molar-refractivity contribution in [3.63, 3.8) is 0 Å². The molecule has 2 N–H and O–H groups in total. The second-order valence-corrected chi connectivity index (χ2v) is 8.84. The highest BCUT2D eigenvalue weighted by atomic mass is 16.4. The van der Waals surface area contributed by atoms with Crippen molar-refractivity contribution in [1.29, 1.82) is 0 Å². The first-order valence-electron chi connectivity index (χ1n) is 9.67. The summed E-state index contributed by atoms with van der Waals surface area (Å²) in [5.41, 5.74) is -1.08. The lowest BCUT2D eigenvalue weighted by molar-refractivity contribution is -0.141. The molecule has 164 valence electrons. The molecular weight excluding hydrogens is 358 g/mol. The minimum Gasteiger partial charge on any atom is -0.478 e. The van der Waals surface area contributed by atoms with E-state index in [4.69, 9.17) is 5.11 Å². The van der Waals surface area contributed by atoms with Gasteiger partial charge in [-0.2, -0.15) is 0 Å². The van der Waals surface area contributed by atoms with Crippen LogP contribution in [0.5, 0.6) is 0 Å². The number of rotatable bonds is 7. The van der Waals surface area contributed by atoms with E-state index in [0.717, 1.165) is 0 Å². The molecule has 28 heavy (non-hydrogen) atoms. The van der Waals surface area contributed by atoms with Crippen LogP contribution in [-0.4, -0.2) is 72.0 Å². The third-order valence-corrected chi connectivity index (χ3v) is 4.45. The molecule has 0 heterocycles. The van der Waals surface area contributed by atoms with Crippen molar-refractivity contribution in [2.24, 2.45) is 5.41 Å². The van der Waals surface area contributed by atoms with Crippen LogP contribution < -0.4 is 5.32 Å². The van der Waals surface area contributed by atoms with Crippen LogP contribution in [0.15, 0.2) is 11.6 Å². The smallest absolute Gasteiger partial charge is 0.331 e. The quantitative estimate of drug-likeness (QED) is 0.643. The number of aliphatic carboxylic acids is 1. The fraction of sp³-hybridized carbons (Fsp3) is 0.762. The number of hydrogen-bond donors (Lipinski definition) is 2. The first kappa shape index (κ1) is 28.3. The van der Waals surface area contributed by atoms with Crippen LogP contribution in [0.25, 0.3) is 0 Å². The van der Waals surface area contributed by atoms with Crippen molar-refractivity contribution in [1.82, 2.24) is 15.1 Å². The summed E-state index contributed by atoms with van der Waals surface area (Å²) in [6.07, 6.45) is 2.73. The van der Waals surface area contributed by atoms with Gasteiger partial charge < -0.3 is 15.3 Å². The summed E-state index contributed by atoms with van der Waals surface area (Å²) in [6.45, 7) is 15.1. The van der Waals surface area contributed by atoms with Gasteiger partial charge in [0.2, 0.25) is 11.8 Å². The van der Waals surface area contributed by atoms with Crippen LogP contribution in [-0.2, 0) is 14.4 Å². The van der Waals surface area contributed by atoms with E-state index in [0.29, 0.717) is 0 Å². The van der Waals surface area contributed by atoms with Gasteiger partial charge in [-0.05, 0) is 40.3 Å². The Kier molecular flexibility index (Phi) is 12.0. The largest absolute Gasteiger partial charge is 0.478 e. The van der Waals surface area contributed by atoms with Gasteiger partial charge in [0.25, 0.3) is 0 Å². The second-order valence-electron chi connectivity index (χ2n) is 8.84. The van der Waals surface area contributed by atoms with Gasteiger partial charge in [0.05, 0.1) is 5.54 Å². The predicted molar refractivity (Wildman–Crippen MR) is 114 cm³/mol. The third-order valence-electron chi connectivity index (χ3n) is 4.45. The van der Waals surface area contributed by atoms with Crippen LogP contribution in [0, 0.1) is 5.41 Å². The average molecular weight is 400 g/mol. The van der Waals surface area contributed by atoms with Gasteiger partial charge in [0.1, 0.15) is 6.04 Å². The summed E-state index contributed by atoms with van der Waals surface area (Å²) in [7, 11) is 5.20. The van der Waals surface area contributed by atoms with Gasteiger partial charge in [-0.3, -0.25) is 14.5 Å². The Balaban J connectivity index is 0. The Morgan fingerprint density at radius 2 is 1.46 bits per heavy atom. The molecule has 0 aliphatic heterocycles. The van der Waals surface area contributed by atoms with Crippen LogP contribution in [0.2, 0.25) is 0 Å². The maximum Gasteiger partial charge on any atom is 0.331 e. The monoisotopic (exact) mass is 399 g/mol. The minimum absolute atomic E-state index is 0.163. The van der Waals surface area contributed by atoms with E-state index in [1.165, 1.54) is 24.3 Å². The molecule has 0 aromatic rings. The van der Waals surface area contributed by atoms with Gasteiger partial charge in [0.15, 0.2) is 0 Å². The van der Waals surface area contributed by atoms with Crippen molar-refractivity contribution < 1.29 is 19.5 Å². The zero-order valence-electron chi connectivity index (χ0n) is 19.6. The number of carbonyl (C=O) groups excluding carboxylic acids is 2. The highest BCUT2D eigenvalue weighted by Crippen LogP contribution is 2.22. The van der Waals surface area contributed by atoms with Crippen LogP contribution in [0.4, 0.5) is 0 Å². The maximum atomic E-state index is 12.8. The van der Waals surface area contributed by atoms with E-state index in [-0.39, 0.29) is 23.9 Å². The Hall–Kier alpha value is -1.89. The summed E-state index contributed by atoms with van der Waals surface area (Å²) < 4.78 is 0. The molecule has 0 aromatic heterocycles. The maximum absolute atomic E-state index is 12.8. The molecule has 0 fully saturated rings. The Labute approximate surface area is 171 Å². The van der Waals surface area contributed by atoms with Crippen molar-refractivity contribution in [2.45, 2.75) is 73.4 Å². The molecule has 0 bridgehead atoms. The SMILES string of the molecule is C/C(=C\CN(C)C(=O)C(NC(=O)C(C)(C)N(C)C)C(C)(C)C)C(=O)O.CCC. The van der Waals surface area contributed by atoms with Crippen LogP contribution in [0.1, 0.15) is 61.8 Å². The molecule has 7 nitrogen and oxygen atoms in total. The number of carboxylic acids is 1. The minimum atomic E-state index is -1.02. The zero-order valence-corrected chi connectivity index (χ0v) is 19.6. The summed E-state index contributed by atoms with van der Waals surface area (Å²) in [5, 5.41) is 11.8. The van der Waals surface area contributed by atoms with Crippen molar-refractivity contribution in [2.75, 3.05) is 27.7 Å². The van der Waals surface area contributed by atoms with E-state index >= 15 is 0 Å². The first-order chi connectivity index (χ1) is 12.5. The lowest BCUT2D eigenvalue weighted by atomic mass is 9.85. The number of amides is 2. The number of carbonyl (C=O) groups is 3. The molecule has 0 spiro atoms. The fourth-order valence-corrected chi connectivity index (χ4v) is 1.83. The normalized spacial score (nSPS) is 13.4. The zero-order chi connectivity index (χ0) is 22.9. The van der Waals surface area contributed by atoms with Gasteiger partial charge >= 0.3 is 5.97 Å². The molecule has 1 unspecified atom stereocenters. The molecule has 7 heteroatoms. The molecular formula is C21H41N3O4. The van der Waals surface area contributed by atoms with E-state index in [2.05, 4.69) is 19.2 Å². The van der Waals surface area contributed by atoms with E-state index < -0.39 is 23.0 Å². The Bertz CT molecular complexity index is 560.